The minimum Gasteiger partial charge on any atom is -0.391 e. The van der Waals surface area contributed by atoms with E-state index in [1.165, 1.54) is 10.8 Å². The van der Waals surface area contributed by atoms with Crippen LogP contribution in [0.4, 0.5) is 8.78 Å². The van der Waals surface area contributed by atoms with E-state index in [9.17, 15) is 23.5 Å². The van der Waals surface area contributed by atoms with Crippen molar-refractivity contribution in [1.29, 1.82) is 0 Å². The molecule has 7 nitrogen and oxygen atoms in total. The minimum atomic E-state index is -0.901. The lowest BCUT2D eigenvalue weighted by Gasteiger charge is -2.28. The number of carbonyl (C=O) groups is 1. The van der Waals surface area contributed by atoms with Crippen LogP contribution in [0.25, 0.3) is 16.6 Å². The number of rotatable bonds is 5. The maximum atomic E-state index is 14.8. The molecule has 0 radical (unpaired) electrons. The van der Waals surface area contributed by atoms with Crippen LogP contribution >= 0.6 is 0 Å². The van der Waals surface area contributed by atoms with E-state index < -0.39 is 40.5 Å². The van der Waals surface area contributed by atoms with E-state index in [4.69, 9.17) is 0 Å². The van der Waals surface area contributed by atoms with E-state index in [1.54, 1.807) is 23.1 Å². The molecule has 0 aliphatic heterocycles. The smallest absolute Gasteiger partial charge is 0.257 e. The first-order chi connectivity index (χ1) is 16.9. The molecule has 180 valence electrons. The molecule has 2 aromatic carbocycles. The van der Waals surface area contributed by atoms with Gasteiger partial charge in [0.05, 0.1) is 28.7 Å². The third-order valence-electron chi connectivity index (χ3n) is 6.47. The molecule has 0 unspecified atom stereocenters. The van der Waals surface area contributed by atoms with Gasteiger partial charge in [-0.15, -0.1) is 0 Å². The lowest BCUT2D eigenvalue weighted by Crippen LogP contribution is -2.46. The molecule has 9 heteroatoms. The maximum Gasteiger partial charge on any atom is 0.257 e. The molecule has 1 aliphatic rings. The van der Waals surface area contributed by atoms with Gasteiger partial charge in [-0.25, -0.2) is 13.5 Å². The minimum absolute atomic E-state index is 0.100. The SMILES string of the molecule is O=C(N[C@H]1CCCC[C@@H]1O)c1cn(Cc2ccc(-n3cccn3)cc2)c2c(F)ccc(F)c2c1=O. The Morgan fingerprint density at radius 3 is 2.54 bits per heavy atom. The highest BCUT2D eigenvalue weighted by Gasteiger charge is 2.27. The molecule has 2 N–H and O–H groups in total. The summed E-state index contributed by atoms with van der Waals surface area (Å²) in [5.74, 6) is -2.38. The van der Waals surface area contributed by atoms with Gasteiger partial charge in [0.1, 0.15) is 17.2 Å². The molecular formula is C26H24F2N4O3. The molecule has 35 heavy (non-hydrogen) atoms. The van der Waals surface area contributed by atoms with Crippen LogP contribution in [0.1, 0.15) is 41.6 Å². The first-order valence-electron chi connectivity index (χ1n) is 11.5. The Hall–Kier alpha value is -3.85. The molecule has 1 fully saturated rings. The molecule has 4 aromatic rings. The van der Waals surface area contributed by atoms with Crippen LogP contribution < -0.4 is 10.7 Å². The van der Waals surface area contributed by atoms with E-state index in [2.05, 4.69) is 10.4 Å². The summed E-state index contributed by atoms with van der Waals surface area (Å²) in [6.07, 6.45) is 6.87. The second kappa shape index (κ2) is 9.42. The van der Waals surface area contributed by atoms with Gasteiger partial charge in [-0.05, 0) is 48.7 Å². The fourth-order valence-electron chi connectivity index (χ4n) is 4.64. The average molecular weight is 478 g/mol. The fraction of sp³-hybridized carbons (Fsp3) is 0.269. The standard InChI is InChI=1S/C26H24F2N4O3/c27-19-10-11-20(28)24-23(19)25(34)18(26(35)30-21-4-1-2-5-22(21)33)15-31(24)14-16-6-8-17(9-7-16)32-13-3-12-29-32/h3,6-13,15,21-22,33H,1-2,4-5,14H2,(H,30,35)/t21-,22-/m0/s1. The van der Waals surface area contributed by atoms with Gasteiger partial charge in [-0.1, -0.05) is 25.0 Å². The van der Waals surface area contributed by atoms with Crippen molar-refractivity contribution in [3.8, 4) is 5.69 Å². The monoisotopic (exact) mass is 478 g/mol. The van der Waals surface area contributed by atoms with Gasteiger partial charge in [0.2, 0.25) is 5.43 Å². The van der Waals surface area contributed by atoms with Crippen LogP contribution in [-0.2, 0) is 6.54 Å². The summed E-state index contributed by atoms with van der Waals surface area (Å²) in [5.41, 5.74) is 0.189. The third kappa shape index (κ3) is 4.46. The zero-order valence-electron chi connectivity index (χ0n) is 18.8. The highest BCUT2D eigenvalue weighted by atomic mass is 19.1. The summed E-state index contributed by atoms with van der Waals surface area (Å²) in [6, 6.07) is 10.5. The van der Waals surface area contributed by atoms with E-state index in [0.717, 1.165) is 36.2 Å². The van der Waals surface area contributed by atoms with Crippen molar-refractivity contribution >= 4 is 16.8 Å². The Bertz CT molecular complexity index is 1430. The molecule has 0 saturated heterocycles. The van der Waals surface area contributed by atoms with Gasteiger partial charge in [0.15, 0.2) is 0 Å². The number of aliphatic hydroxyl groups is 1. The van der Waals surface area contributed by atoms with Crippen molar-refractivity contribution in [1.82, 2.24) is 19.7 Å². The number of hydrogen-bond acceptors (Lipinski definition) is 4. The number of nitrogens with one attached hydrogen (secondary N) is 1. The van der Waals surface area contributed by atoms with Crippen LogP contribution in [0, 0.1) is 11.6 Å². The van der Waals surface area contributed by atoms with Crippen molar-refractivity contribution in [2.75, 3.05) is 0 Å². The average Bonchev–Trinajstić information content (AvgIpc) is 3.39. The van der Waals surface area contributed by atoms with Crippen LogP contribution in [0.2, 0.25) is 0 Å². The lowest BCUT2D eigenvalue weighted by molar-refractivity contribution is 0.0716. The number of nitrogens with zero attached hydrogens (tertiary/aromatic N) is 3. The summed E-state index contributed by atoms with van der Waals surface area (Å²) in [5, 5.41) is 16.6. The number of aromatic nitrogens is 3. The van der Waals surface area contributed by atoms with Crippen molar-refractivity contribution in [3.05, 3.63) is 94.0 Å². The maximum absolute atomic E-state index is 14.8. The Kier molecular flexibility index (Phi) is 6.17. The predicted molar refractivity (Wildman–Crippen MR) is 127 cm³/mol. The highest BCUT2D eigenvalue weighted by Crippen LogP contribution is 2.22. The second-order valence-electron chi connectivity index (χ2n) is 8.80. The fourth-order valence-corrected chi connectivity index (χ4v) is 4.64. The normalized spacial score (nSPS) is 18.0. The number of benzene rings is 2. The summed E-state index contributed by atoms with van der Waals surface area (Å²) < 4.78 is 32.7. The van der Waals surface area contributed by atoms with Crippen molar-refractivity contribution < 1.29 is 18.7 Å². The molecule has 1 aliphatic carbocycles. The number of carbonyl (C=O) groups excluding carboxylic acids is 1. The van der Waals surface area contributed by atoms with Crippen LogP contribution in [0.15, 0.2) is 65.8 Å². The second-order valence-corrected chi connectivity index (χ2v) is 8.80. The van der Waals surface area contributed by atoms with Crippen molar-refractivity contribution in [2.24, 2.45) is 0 Å². The topological polar surface area (TPSA) is 89.2 Å². The molecule has 2 heterocycles. The van der Waals surface area contributed by atoms with Crippen molar-refractivity contribution in [3.63, 3.8) is 0 Å². The molecule has 0 spiro atoms. The largest absolute Gasteiger partial charge is 0.391 e. The Balaban J connectivity index is 1.54. The lowest BCUT2D eigenvalue weighted by atomic mass is 9.92. The van der Waals surface area contributed by atoms with Gasteiger partial charge < -0.3 is 15.0 Å². The first kappa shape index (κ1) is 22.9. The number of pyridine rings is 1. The van der Waals surface area contributed by atoms with Gasteiger partial charge >= 0.3 is 0 Å². The van der Waals surface area contributed by atoms with Crippen LogP contribution in [0.3, 0.4) is 0 Å². The number of aliphatic hydroxyl groups excluding tert-OH is 1. The zero-order valence-corrected chi connectivity index (χ0v) is 18.8. The highest BCUT2D eigenvalue weighted by molar-refractivity contribution is 5.97. The molecule has 2 aromatic heterocycles. The Morgan fingerprint density at radius 1 is 1.09 bits per heavy atom. The Morgan fingerprint density at radius 2 is 1.83 bits per heavy atom. The summed E-state index contributed by atoms with van der Waals surface area (Å²) in [4.78, 5) is 26.1. The summed E-state index contributed by atoms with van der Waals surface area (Å²) in [6.45, 7) is 0.100. The first-order valence-corrected chi connectivity index (χ1v) is 11.5. The summed E-state index contributed by atoms with van der Waals surface area (Å²) >= 11 is 0. The number of halogens is 2. The Labute approximate surface area is 199 Å². The van der Waals surface area contributed by atoms with Gasteiger partial charge in [0, 0.05) is 25.1 Å². The third-order valence-corrected chi connectivity index (χ3v) is 6.47. The molecular weight excluding hydrogens is 454 g/mol. The van der Waals surface area contributed by atoms with E-state index in [-0.39, 0.29) is 17.6 Å². The van der Waals surface area contributed by atoms with Gasteiger partial charge in [-0.3, -0.25) is 9.59 Å². The number of amides is 1. The van der Waals surface area contributed by atoms with Crippen LogP contribution in [0.5, 0.6) is 0 Å². The molecule has 1 saturated carbocycles. The van der Waals surface area contributed by atoms with Crippen LogP contribution in [-0.4, -0.2) is 37.5 Å². The molecule has 0 bridgehead atoms. The van der Waals surface area contributed by atoms with Gasteiger partial charge in [-0.2, -0.15) is 5.10 Å². The van der Waals surface area contributed by atoms with E-state index in [0.29, 0.717) is 12.8 Å². The number of hydrogen-bond donors (Lipinski definition) is 2. The molecule has 1 amide bonds. The zero-order chi connectivity index (χ0) is 24.5. The molecule has 5 rings (SSSR count). The van der Waals surface area contributed by atoms with E-state index in [1.807, 2.05) is 24.3 Å². The quantitative estimate of drug-likeness (QED) is 0.459. The van der Waals surface area contributed by atoms with Crippen molar-refractivity contribution in [2.45, 2.75) is 44.4 Å². The predicted octanol–water partition coefficient (Wildman–Crippen LogP) is 3.55. The van der Waals surface area contributed by atoms with Gasteiger partial charge in [0.25, 0.3) is 5.91 Å². The number of fused-ring (bicyclic) bond motifs is 1. The summed E-state index contributed by atoms with van der Waals surface area (Å²) in [7, 11) is 0. The van der Waals surface area contributed by atoms with E-state index >= 15 is 0 Å². The molecule has 2 atom stereocenters.